The summed E-state index contributed by atoms with van der Waals surface area (Å²) >= 11 is 0. The molecule has 3 aliphatic rings. The van der Waals surface area contributed by atoms with Crippen molar-refractivity contribution in [3.8, 4) is 0 Å². The van der Waals surface area contributed by atoms with Gasteiger partial charge in [0, 0.05) is 36.9 Å². The first-order valence-electron chi connectivity index (χ1n) is 7.20. The molecule has 0 amide bonds. The summed E-state index contributed by atoms with van der Waals surface area (Å²) in [6.45, 7) is 2.58. The highest BCUT2D eigenvalue weighted by atomic mass is 16.3. The van der Waals surface area contributed by atoms with Gasteiger partial charge in [-0.25, -0.2) is 4.99 Å². The number of piperazine rings is 1. The molecule has 0 aromatic heterocycles. The Labute approximate surface area is 113 Å². The van der Waals surface area contributed by atoms with Crippen LogP contribution in [0.4, 0.5) is 0 Å². The third-order valence-electron chi connectivity index (χ3n) is 4.20. The van der Waals surface area contributed by atoms with Gasteiger partial charge in [0.2, 0.25) is 0 Å². The molecule has 1 unspecified atom stereocenters. The van der Waals surface area contributed by atoms with Gasteiger partial charge in [-0.2, -0.15) is 0 Å². The molecule has 0 aromatic rings. The second kappa shape index (κ2) is 5.43. The number of amidine groups is 1. The van der Waals surface area contributed by atoms with Gasteiger partial charge < -0.3 is 15.3 Å². The molecule has 5 heteroatoms. The number of nitrogens with one attached hydrogen (secondary N) is 1. The summed E-state index contributed by atoms with van der Waals surface area (Å²) < 4.78 is 0. The smallest absolute Gasteiger partial charge is 0.168 e. The van der Waals surface area contributed by atoms with Crippen molar-refractivity contribution in [2.24, 2.45) is 4.99 Å². The molecule has 1 fully saturated rings. The molecule has 0 radical (unpaired) electrons. The van der Waals surface area contributed by atoms with E-state index in [0.29, 0.717) is 6.42 Å². The van der Waals surface area contributed by atoms with E-state index >= 15 is 0 Å². The summed E-state index contributed by atoms with van der Waals surface area (Å²) in [4.78, 5) is 19.1. The van der Waals surface area contributed by atoms with Gasteiger partial charge in [-0.1, -0.05) is 0 Å². The van der Waals surface area contributed by atoms with Gasteiger partial charge in [0.15, 0.2) is 5.78 Å². The third-order valence-corrected chi connectivity index (χ3v) is 4.20. The largest absolute Gasteiger partial charge is 0.395 e. The molecule has 0 bridgehead atoms. The second-order valence-corrected chi connectivity index (χ2v) is 5.54. The third kappa shape index (κ3) is 2.58. The molecule has 0 saturated carbocycles. The Morgan fingerprint density at radius 2 is 2.21 bits per heavy atom. The Kier molecular flexibility index (Phi) is 3.66. The molecule has 3 rings (SSSR count). The number of aliphatic hydroxyl groups is 1. The Balaban J connectivity index is 1.79. The van der Waals surface area contributed by atoms with Crippen LogP contribution in [0.15, 0.2) is 16.3 Å². The quantitative estimate of drug-likeness (QED) is 0.721. The van der Waals surface area contributed by atoms with Gasteiger partial charge in [-0.3, -0.25) is 4.79 Å². The van der Waals surface area contributed by atoms with Crippen LogP contribution in [-0.2, 0) is 4.79 Å². The minimum absolute atomic E-state index is 0.0910. The molecule has 1 aliphatic carbocycles. The van der Waals surface area contributed by atoms with Crippen LogP contribution in [0.5, 0.6) is 0 Å². The molecule has 2 aliphatic heterocycles. The standard InChI is InChI=1S/C14H21N3O2/c18-9-10-8-17(6-5-15-10)14-7-13(19)11-3-1-2-4-12(11)16-14/h10,15,18H,1-9H2. The molecule has 104 valence electrons. The average molecular weight is 263 g/mol. The van der Waals surface area contributed by atoms with Crippen molar-refractivity contribution in [1.29, 1.82) is 0 Å². The fraction of sp³-hybridized carbons (Fsp3) is 0.714. The maximum absolute atomic E-state index is 12.2. The number of allylic oxidation sites excluding steroid dienone is 2. The van der Waals surface area contributed by atoms with Gasteiger partial charge in [-0.15, -0.1) is 0 Å². The lowest BCUT2D eigenvalue weighted by Crippen LogP contribution is -2.54. The van der Waals surface area contributed by atoms with E-state index in [1.54, 1.807) is 0 Å². The van der Waals surface area contributed by atoms with Gasteiger partial charge in [0.1, 0.15) is 5.84 Å². The fourth-order valence-electron chi connectivity index (χ4n) is 3.12. The molecule has 5 nitrogen and oxygen atoms in total. The first kappa shape index (κ1) is 12.8. The highest BCUT2D eigenvalue weighted by molar-refractivity contribution is 6.11. The lowest BCUT2D eigenvalue weighted by Gasteiger charge is -2.36. The molecule has 1 saturated heterocycles. The summed E-state index contributed by atoms with van der Waals surface area (Å²) in [7, 11) is 0. The first-order chi connectivity index (χ1) is 9.28. The average Bonchev–Trinajstić information content (AvgIpc) is 2.47. The SMILES string of the molecule is O=C1CC(N2CCNC(CO)C2)=NC2=C1CCCC2. The van der Waals surface area contributed by atoms with Crippen molar-refractivity contribution in [3.63, 3.8) is 0 Å². The molecule has 0 spiro atoms. The number of rotatable bonds is 1. The van der Waals surface area contributed by atoms with Crippen molar-refractivity contribution < 1.29 is 9.90 Å². The van der Waals surface area contributed by atoms with E-state index in [-0.39, 0.29) is 18.4 Å². The van der Waals surface area contributed by atoms with Crippen molar-refractivity contribution in [1.82, 2.24) is 10.2 Å². The van der Waals surface area contributed by atoms with E-state index in [9.17, 15) is 9.90 Å². The number of carbonyl (C=O) groups excluding carboxylic acids is 1. The van der Waals surface area contributed by atoms with Gasteiger partial charge in [0.05, 0.1) is 13.0 Å². The minimum atomic E-state index is 0.0910. The molecule has 19 heavy (non-hydrogen) atoms. The van der Waals surface area contributed by atoms with Crippen molar-refractivity contribution in [2.45, 2.75) is 38.1 Å². The van der Waals surface area contributed by atoms with Gasteiger partial charge >= 0.3 is 0 Å². The van der Waals surface area contributed by atoms with Crippen molar-refractivity contribution in [3.05, 3.63) is 11.3 Å². The molecule has 0 aromatic carbocycles. The summed E-state index contributed by atoms with van der Waals surface area (Å²) in [5.74, 6) is 1.17. The Bertz CT molecular complexity index is 442. The maximum atomic E-state index is 12.2. The Morgan fingerprint density at radius 3 is 3.05 bits per heavy atom. The number of aliphatic hydroxyl groups excluding tert-OH is 1. The normalized spacial score (nSPS) is 28.3. The zero-order chi connectivity index (χ0) is 13.2. The van der Waals surface area contributed by atoms with Crippen molar-refractivity contribution >= 4 is 11.6 Å². The van der Waals surface area contributed by atoms with Crippen LogP contribution in [-0.4, -0.2) is 53.9 Å². The van der Waals surface area contributed by atoms with Gasteiger partial charge in [-0.05, 0) is 25.7 Å². The zero-order valence-electron chi connectivity index (χ0n) is 11.2. The zero-order valence-corrected chi connectivity index (χ0v) is 11.2. The molecule has 1 atom stereocenters. The molecule has 2 heterocycles. The van der Waals surface area contributed by atoms with Crippen molar-refractivity contribution in [2.75, 3.05) is 26.2 Å². The predicted molar refractivity (Wildman–Crippen MR) is 73.0 cm³/mol. The molecular formula is C14H21N3O2. The lowest BCUT2D eigenvalue weighted by atomic mass is 9.90. The first-order valence-corrected chi connectivity index (χ1v) is 7.20. The van der Waals surface area contributed by atoms with Crippen LogP contribution in [0, 0.1) is 0 Å². The number of hydrogen-bond donors (Lipinski definition) is 2. The van der Waals surface area contributed by atoms with E-state index < -0.39 is 0 Å². The topological polar surface area (TPSA) is 64.9 Å². The van der Waals surface area contributed by atoms with Crippen LogP contribution in [0.2, 0.25) is 0 Å². The van der Waals surface area contributed by atoms with Crippen LogP contribution >= 0.6 is 0 Å². The number of ketones is 1. The number of hydrogen-bond acceptors (Lipinski definition) is 5. The fourth-order valence-corrected chi connectivity index (χ4v) is 3.12. The second-order valence-electron chi connectivity index (χ2n) is 5.54. The Hall–Kier alpha value is -1.20. The Morgan fingerprint density at radius 1 is 1.37 bits per heavy atom. The predicted octanol–water partition coefficient (Wildman–Crippen LogP) is 0.452. The number of aliphatic imine (C=N–C) groups is 1. The maximum Gasteiger partial charge on any atom is 0.168 e. The summed E-state index contributed by atoms with van der Waals surface area (Å²) in [5, 5.41) is 12.5. The highest BCUT2D eigenvalue weighted by Gasteiger charge is 2.29. The number of nitrogens with zero attached hydrogens (tertiary/aromatic N) is 2. The van der Waals surface area contributed by atoms with E-state index in [1.807, 2.05) is 0 Å². The molecule has 2 N–H and O–H groups in total. The van der Waals surface area contributed by atoms with Crippen LogP contribution in [0.3, 0.4) is 0 Å². The van der Waals surface area contributed by atoms with E-state index in [0.717, 1.165) is 62.4 Å². The van der Waals surface area contributed by atoms with E-state index in [1.165, 1.54) is 0 Å². The highest BCUT2D eigenvalue weighted by Crippen LogP contribution is 2.30. The number of carbonyl (C=O) groups is 1. The minimum Gasteiger partial charge on any atom is -0.395 e. The summed E-state index contributed by atoms with van der Waals surface area (Å²) in [5.41, 5.74) is 2.00. The van der Waals surface area contributed by atoms with Crippen LogP contribution in [0.25, 0.3) is 0 Å². The van der Waals surface area contributed by atoms with Crippen LogP contribution in [0.1, 0.15) is 32.1 Å². The van der Waals surface area contributed by atoms with Crippen LogP contribution < -0.4 is 5.32 Å². The number of Topliss-reactive ketones (excluding diaryl/α,β-unsaturated/α-hetero) is 1. The molecular weight excluding hydrogens is 242 g/mol. The monoisotopic (exact) mass is 263 g/mol. The van der Waals surface area contributed by atoms with E-state index in [4.69, 9.17) is 4.99 Å². The van der Waals surface area contributed by atoms with E-state index in [2.05, 4.69) is 10.2 Å². The summed E-state index contributed by atoms with van der Waals surface area (Å²) in [6, 6.07) is 0.0910. The summed E-state index contributed by atoms with van der Waals surface area (Å²) in [6.07, 6.45) is 4.56. The lowest BCUT2D eigenvalue weighted by molar-refractivity contribution is -0.115. The van der Waals surface area contributed by atoms with Gasteiger partial charge in [0.25, 0.3) is 0 Å².